The maximum absolute atomic E-state index is 14.6. The van der Waals surface area contributed by atoms with Crippen molar-refractivity contribution in [1.82, 2.24) is 0 Å². The average Bonchev–Trinajstić information content (AvgIpc) is 2.49. The second-order valence-corrected chi connectivity index (χ2v) is 7.62. The zero-order valence-electron chi connectivity index (χ0n) is 14.5. The van der Waals surface area contributed by atoms with E-state index in [4.69, 9.17) is 5.11 Å². The Hall–Kier alpha value is -1.65. The van der Waals surface area contributed by atoms with Crippen LogP contribution in [0.25, 0.3) is 0 Å². The highest BCUT2D eigenvalue weighted by Gasteiger charge is 2.74. The van der Waals surface area contributed by atoms with E-state index in [1.54, 1.807) is 0 Å². The van der Waals surface area contributed by atoms with Crippen molar-refractivity contribution >= 4 is 16.8 Å². The highest BCUT2D eigenvalue weighted by molar-refractivity contribution is 7.85. The lowest BCUT2D eigenvalue weighted by molar-refractivity contribution is -0.349. The van der Waals surface area contributed by atoms with Gasteiger partial charge in [-0.15, -0.1) is 0 Å². The molecule has 0 radical (unpaired) electrons. The molecule has 154 valence electrons. The highest BCUT2D eigenvalue weighted by atomic mass is 32.2. The molecule has 0 aromatic heterocycles. The van der Waals surface area contributed by atoms with Gasteiger partial charge in [0, 0.05) is 16.2 Å². The Kier molecular flexibility index (Phi) is 6.73. The van der Waals surface area contributed by atoms with E-state index in [1.165, 1.54) is 20.8 Å². The van der Waals surface area contributed by atoms with Crippen molar-refractivity contribution in [2.45, 2.75) is 50.1 Å². The molecule has 11 heteroatoms. The van der Waals surface area contributed by atoms with Crippen molar-refractivity contribution in [3.63, 3.8) is 0 Å². The largest absolute Gasteiger partial charge is 0.478 e. The molecule has 0 aliphatic rings. The summed E-state index contributed by atoms with van der Waals surface area (Å²) in [7, 11) is -2.48. The molecule has 3 nitrogen and oxygen atoms in total. The Morgan fingerprint density at radius 3 is 1.89 bits per heavy atom. The molecule has 1 atom stereocenters. The summed E-state index contributed by atoms with van der Waals surface area (Å²) in [5, 5.41) is 9.16. The van der Waals surface area contributed by atoms with Crippen molar-refractivity contribution in [1.29, 1.82) is 0 Å². The van der Waals surface area contributed by atoms with Crippen LogP contribution in [0, 0.1) is 5.92 Å². The summed E-state index contributed by atoms with van der Waals surface area (Å²) in [6.07, 6.45) is -13.1. The van der Waals surface area contributed by atoms with Crippen molar-refractivity contribution in [2.24, 2.45) is 5.92 Å². The standard InChI is InChI=1S/C16H17F7O3S/c1-4-9-10(13(24)25)5-6-11(12(9)27(26)7-8(2)3)14(17,15(18,19)20)16(21,22)23/h5-6,8H,4,7H2,1-3H3,(H,24,25)/t27-/m1/s1. The quantitative estimate of drug-likeness (QED) is 0.657. The van der Waals surface area contributed by atoms with Crippen molar-refractivity contribution < 1.29 is 44.8 Å². The van der Waals surface area contributed by atoms with Crippen LogP contribution in [-0.2, 0) is 22.9 Å². The Bertz CT molecular complexity index is 725. The molecule has 0 bridgehead atoms. The van der Waals surface area contributed by atoms with Crippen molar-refractivity contribution in [3.8, 4) is 0 Å². The lowest BCUT2D eigenvalue weighted by Gasteiger charge is -2.32. The smallest absolute Gasteiger partial charge is 0.435 e. The van der Waals surface area contributed by atoms with Crippen LogP contribution in [-0.4, -0.2) is 33.4 Å². The van der Waals surface area contributed by atoms with Crippen molar-refractivity contribution in [3.05, 3.63) is 28.8 Å². The third kappa shape index (κ3) is 4.27. The molecule has 0 amide bonds. The zero-order chi connectivity index (χ0) is 21.4. The second-order valence-electron chi connectivity index (χ2n) is 6.19. The van der Waals surface area contributed by atoms with E-state index in [-0.39, 0.29) is 18.2 Å². The molecule has 0 fully saturated rings. The summed E-state index contributed by atoms with van der Waals surface area (Å²) in [5.41, 5.74) is -8.82. The van der Waals surface area contributed by atoms with Crippen LogP contribution >= 0.6 is 0 Å². The highest BCUT2D eigenvalue weighted by Crippen LogP contribution is 2.55. The van der Waals surface area contributed by atoms with E-state index < -0.39 is 62.3 Å². The minimum atomic E-state index is -6.39. The maximum Gasteiger partial charge on any atom is 0.435 e. The lowest BCUT2D eigenvalue weighted by Crippen LogP contribution is -2.51. The Morgan fingerprint density at radius 2 is 1.56 bits per heavy atom. The molecular formula is C16H17F7O3S. The molecule has 1 N–H and O–H groups in total. The molecule has 0 aliphatic heterocycles. The lowest BCUT2D eigenvalue weighted by atomic mass is 9.90. The van der Waals surface area contributed by atoms with E-state index in [0.717, 1.165) is 0 Å². The van der Waals surface area contributed by atoms with E-state index in [1.807, 2.05) is 0 Å². The summed E-state index contributed by atoms with van der Waals surface area (Å²) >= 11 is 0. The van der Waals surface area contributed by atoms with Crippen molar-refractivity contribution in [2.75, 3.05) is 5.75 Å². The number of alkyl halides is 7. The maximum atomic E-state index is 14.6. The number of halogens is 7. The number of benzene rings is 1. The third-order valence-electron chi connectivity index (χ3n) is 3.71. The normalized spacial score (nSPS) is 14.5. The first kappa shape index (κ1) is 23.4. The Balaban J connectivity index is 4.03. The second kappa shape index (κ2) is 7.76. The van der Waals surface area contributed by atoms with Crippen LogP contribution < -0.4 is 0 Å². The summed E-state index contributed by atoms with van der Waals surface area (Å²) in [6, 6.07) is 0.579. The fourth-order valence-electron chi connectivity index (χ4n) is 2.56. The number of aromatic carboxylic acids is 1. The first-order chi connectivity index (χ1) is 12.1. The van der Waals surface area contributed by atoms with Crippen LogP contribution in [0.5, 0.6) is 0 Å². The monoisotopic (exact) mass is 422 g/mol. The zero-order valence-corrected chi connectivity index (χ0v) is 15.3. The molecule has 0 unspecified atom stereocenters. The van der Waals surface area contributed by atoms with Gasteiger partial charge in [-0.1, -0.05) is 26.8 Å². The first-order valence-corrected chi connectivity index (χ1v) is 9.01. The number of carboxylic acid groups (broad SMARTS) is 1. The fraction of sp³-hybridized carbons (Fsp3) is 0.562. The molecule has 27 heavy (non-hydrogen) atoms. The fourth-order valence-corrected chi connectivity index (χ4v) is 4.32. The number of carboxylic acids is 1. The molecule has 1 aromatic carbocycles. The van der Waals surface area contributed by atoms with Gasteiger partial charge in [-0.2, -0.15) is 26.3 Å². The predicted molar refractivity (Wildman–Crippen MR) is 83.8 cm³/mol. The number of hydrogen-bond donors (Lipinski definition) is 1. The van der Waals surface area contributed by atoms with Gasteiger partial charge in [0.1, 0.15) is 0 Å². The predicted octanol–water partition coefficient (Wildman–Crippen LogP) is 5.00. The van der Waals surface area contributed by atoms with E-state index in [9.17, 15) is 39.7 Å². The van der Waals surface area contributed by atoms with E-state index in [2.05, 4.69) is 0 Å². The first-order valence-electron chi connectivity index (χ1n) is 7.69. The molecule has 1 aromatic rings. The van der Waals surface area contributed by atoms with Gasteiger partial charge in [0.2, 0.25) is 0 Å². The Labute approximate surface area is 153 Å². The van der Waals surface area contributed by atoms with Gasteiger partial charge >= 0.3 is 24.0 Å². The minimum Gasteiger partial charge on any atom is -0.478 e. The van der Waals surface area contributed by atoms with Gasteiger partial charge in [-0.3, -0.25) is 4.21 Å². The van der Waals surface area contributed by atoms with E-state index in [0.29, 0.717) is 6.07 Å². The summed E-state index contributed by atoms with van der Waals surface area (Å²) in [5.74, 6) is -2.41. The summed E-state index contributed by atoms with van der Waals surface area (Å²) in [4.78, 5) is 10.2. The molecule has 0 heterocycles. The van der Waals surface area contributed by atoms with Crippen LogP contribution in [0.1, 0.15) is 42.3 Å². The van der Waals surface area contributed by atoms with Gasteiger partial charge in [0.05, 0.1) is 16.4 Å². The van der Waals surface area contributed by atoms with Gasteiger partial charge < -0.3 is 5.11 Å². The molecule has 0 saturated carbocycles. The number of rotatable bonds is 6. The number of carbonyl (C=O) groups is 1. The van der Waals surface area contributed by atoms with Gasteiger partial charge in [-0.25, -0.2) is 9.18 Å². The third-order valence-corrected chi connectivity index (χ3v) is 5.60. The topological polar surface area (TPSA) is 54.4 Å². The molecule has 0 aliphatic carbocycles. The van der Waals surface area contributed by atoms with Crippen LogP contribution in [0.2, 0.25) is 0 Å². The van der Waals surface area contributed by atoms with Crippen LogP contribution in [0.4, 0.5) is 30.7 Å². The summed E-state index contributed by atoms with van der Waals surface area (Å²) < 4.78 is 106. The summed E-state index contributed by atoms with van der Waals surface area (Å²) in [6.45, 7) is 4.30. The Morgan fingerprint density at radius 1 is 1.07 bits per heavy atom. The molecule has 0 spiro atoms. The van der Waals surface area contributed by atoms with Crippen LogP contribution in [0.3, 0.4) is 0 Å². The molecule has 0 saturated heterocycles. The van der Waals surface area contributed by atoms with Gasteiger partial charge in [-0.05, 0) is 24.0 Å². The van der Waals surface area contributed by atoms with Gasteiger partial charge in [0.15, 0.2) is 0 Å². The SMILES string of the molecule is CCc1c(C(=O)O)ccc(C(F)(C(F)(F)F)C(F)(F)F)c1[S@](=O)CC(C)C. The number of hydrogen-bond acceptors (Lipinski definition) is 2. The molecule has 1 rings (SSSR count). The van der Waals surface area contributed by atoms with Gasteiger partial charge in [0.25, 0.3) is 0 Å². The molecular weight excluding hydrogens is 405 g/mol. The minimum absolute atomic E-state index is 0.108. The van der Waals surface area contributed by atoms with Crippen LogP contribution in [0.15, 0.2) is 17.0 Å². The van der Waals surface area contributed by atoms with E-state index >= 15 is 0 Å². The average molecular weight is 422 g/mol.